The van der Waals surface area contributed by atoms with Crippen LogP contribution in [0.1, 0.15) is 18.1 Å². The molecule has 1 aromatic rings. The van der Waals surface area contributed by atoms with Crippen molar-refractivity contribution in [2.75, 3.05) is 6.54 Å². The molecule has 1 aromatic heterocycles. The minimum atomic E-state index is -0.764. The van der Waals surface area contributed by atoms with E-state index in [1.807, 2.05) is 0 Å². The van der Waals surface area contributed by atoms with E-state index < -0.39 is 6.17 Å². The monoisotopic (exact) mass is 184 g/mol. The summed E-state index contributed by atoms with van der Waals surface area (Å²) in [5, 5.41) is 4.18. The van der Waals surface area contributed by atoms with Gasteiger partial charge in [0.25, 0.3) is 0 Å². The average Bonchev–Trinajstić information content (AvgIpc) is 2.46. The first-order valence-electron chi connectivity index (χ1n) is 4.56. The molecule has 2 N–H and O–H groups in total. The van der Waals surface area contributed by atoms with Gasteiger partial charge in [0.05, 0.1) is 6.54 Å². The summed E-state index contributed by atoms with van der Waals surface area (Å²) in [5.74, 6) is 1.64. The number of alkyl halides is 1. The summed E-state index contributed by atoms with van der Waals surface area (Å²) in [6.07, 6.45) is 1.18. The molecule has 1 unspecified atom stereocenters. The first kappa shape index (κ1) is 8.62. The van der Waals surface area contributed by atoms with Gasteiger partial charge in [-0.25, -0.2) is 14.1 Å². The Bertz CT molecular complexity index is 296. The minimum Gasteiger partial charge on any atom is -0.330 e. The first-order valence-corrected chi connectivity index (χ1v) is 4.56. The molecule has 4 nitrogen and oxygen atoms in total. The van der Waals surface area contributed by atoms with Crippen molar-refractivity contribution < 1.29 is 4.39 Å². The number of nitrogens with two attached hydrogens (primary N) is 1. The average molecular weight is 184 g/mol. The fraction of sp³-hybridized carbons (Fsp3) is 0.750. The van der Waals surface area contributed by atoms with Crippen molar-refractivity contribution in [3.05, 3.63) is 11.6 Å². The second-order valence-corrected chi connectivity index (χ2v) is 3.30. The number of hydrogen-bond donors (Lipinski definition) is 1. The molecule has 0 bridgehead atoms. The van der Waals surface area contributed by atoms with Crippen molar-refractivity contribution in [3.8, 4) is 0 Å². The van der Waals surface area contributed by atoms with Gasteiger partial charge in [-0.05, 0) is 13.0 Å². The van der Waals surface area contributed by atoms with E-state index in [1.54, 1.807) is 4.68 Å². The summed E-state index contributed by atoms with van der Waals surface area (Å²) in [7, 11) is 0. The molecule has 13 heavy (non-hydrogen) atoms. The van der Waals surface area contributed by atoms with Crippen molar-refractivity contribution >= 4 is 0 Å². The summed E-state index contributed by atoms with van der Waals surface area (Å²) in [4.78, 5) is 4.28. The zero-order valence-corrected chi connectivity index (χ0v) is 7.41. The number of aromatic nitrogens is 3. The molecule has 2 rings (SSSR count). The van der Waals surface area contributed by atoms with Gasteiger partial charge in [-0.3, -0.25) is 0 Å². The van der Waals surface area contributed by atoms with E-state index >= 15 is 0 Å². The molecule has 1 aliphatic rings. The highest BCUT2D eigenvalue weighted by Crippen LogP contribution is 2.15. The van der Waals surface area contributed by atoms with Crippen LogP contribution in [0.15, 0.2) is 0 Å². The van der Waals surface area contributed by atoms with E-state index in [9.17, 15) is 4.39 Å². The van der Waals surface area contributed by atoms with E-state index in [1.165, 1.54) is 0 Å². The quantitative estimate of drug-likeness (QED) is 0.707. The van der Waals surface area contributed by atoms with Crippen molar-refractivity contribution in [2.45, 2.75) is 32.0 Å². The third-order valence-corrected chi connectivity index (χ3v) is 2.21. The van der Waals surface area contributed by atoms with Crippen LogP contribution in [0.3, 0.4) is 0 Å². The van der Waals surface area contributed by atoms with Crippen LogP contribution in [0.2, 0.25) is 0 Å². The molecule has 1 aliphatic heterocycles. The van der Waals surface area contributed by atoms with Gasteiger partial charge in [0.1, 0.15) is 12.0 Å². The maximum atomic E-state index is 12.9. The molecule has 0 saturated carbocycles. The van der Waals surface area contributed by atoms with Crippen LogP contribution < -0.4 is 5.73 Å². The Morgan fingerprint density at radius 2 is 2.46 bits per heavy atom. The smallest absolute Gasteiger partial charge is 0.152 e. The number of nitrogens with zero attached hydrogens (tertiary/aromatic N) is 3. The van der Waals surface area contributed by atoms with E-state index in [4.69, 9.17) is 5.73 Å². The molecule has 0 radical (unpaired) electrons. The van der Waals surface area contributed by atoms with Crippen LogP contribution in [0.5, 0.6) is 0 Å². The van der Waals surface area contributed by atoms with Gasteiger partial charge in [-0.1, -0.05) is 0 Å². The van der Waals surface area contributed by atoms with Crippen molar-refractivity contribution in [3.63, 3.8) is 0 Å². The topological polar surface area (TPSA) is 56.7 Å². The summed E-state index contributed by atoms with van der Waals surface area (Å²) >= 11 is 0. The number of hydrogen-bond acceptors (Lipinski definition) is 3. The summed E-state index contributed by atoms with van der Waals surface area (Å²) in [6.45, 7) is 0.898. The molecule has 0 fully saturated rings. The molecule has 0 aliphatic carbocycles. The molecular weight excluding hydrogens is 171 g/mol. The van der Waals surface area contributed by atoms with E-state index in [-0.39, 0.29) is 0 Å². The maximum absolute atomic E-state index is 12.9. The molecule has 72 valence electrons. The lowest BCUT2D eigenvalue weighted by atomic mass is 10.1. The van der Waals surface area contributed by atoms with Crippen LogP contribution in [-0.2, 0) is 19.4 Å². The van der Waals surface area contributed by atoms with Crippen LogP contribution in [-0.4, -0.2) is 27.5 Å². The molecular formula is C8H13FN4. The van der Waals surface area contributed by atoms with Crippen molar-refractivity contribution in [1.29, 1.82) is 0 Å². The van der Waals surface area contributed by atoms with Gasteiger partial charge in [-0.15, -0.1) is 0 Å². The molecule has 0 amide bonds. The predicted molar refractivity (Wildman–Crippen MR) is 46.0 cm³/mol. The Labute approximate surface area is 75.9 Å². The SMILES string of the molecule is NCCc1nc2n(n1)CC(F)CC2. The molecule has 1 atom stereocenters. The molecule has 2 heterocycles. The van der Waals surface area contributed by atoms with Gasteiger partial charge in [0.2, 0.25) is 0 Å². The third-order valence-electron chi connectivity index (χ3n) is 2.21. The Kier molecular flexibility index (Phi) is 2.26. The number of halogens is 1. The fourth-order valence-corrected chi connectivity index (χ4v) is 1.56. The van der Waals surface area contributed by atoms with Crippen molar-refractivity contribution in [1.82, 2.24) is 14.8 Å². The zero-order chi connectivity index (χ0) is 9.26. The lowest BCUT2D eigenvalue weighted by molar-refractivity contribution is 0.242. The molecule has 5 heteroatoms. The number of aryl methyl sites for hydroxylation is 1. The normalized spacial score (nSPS) is 21.5. The van der Waals surface area contributed by atoms with Crippen molar-refractivity contribution in [2.24, 2.45) is 5.73 Å². The summed E-state index contributed by atoms with van der Waals surface area (Å²) in [6, 6.07) is 0. The Balaban J connectivity index is 2.18. The Morgan fingerprint density at radius 1 is 1.62 bits per heavy atom. The van der Waals surface area contributed by atoms with E-state index in [0.717, 1.165) is 11.6 Å². The van der Waals surface area contributed by atoms with Gasteiger partial charge in [0.15, 0.2) is 5.82 Å². The maximum Gasteiger partial charge on any atom is 0.152 e. The lowest BCUT2D eigenvalue weighted by Gasteiger charge is -2.14. The molecule has 0 saturated heterocycles. The zero-order valence-electron chi connectivity index (χ0n) is 7.41. The third kappa shape index (κ3) is 1.70. The highest BCUT2D eigenvalue weighted by atomic mass is 19.1. The standard InChI is InChI=1S/C8H13FN4/c9-6-1-2-8-11-7(3-4-10)12-13(8)5-6/h6H,1-5,10H2. The number of fused-ring (bicyclic) bond motifs is 1. The molecule has 0 aromatic carbocycles. The Hall–Kier alpha value is -0.970. The highest BCUT2D eigenvalue weighted by molar-refractivity contribution is 4.97. The van der Waals surface area contributed by atoms with Crippen LogP contribution in [0, 0.1) is 0 Å². The minimum absolute atomic E-state index is 0.354. The van der Waals surface area contributed by atoms with Crippen LogP contribution in [0.25, 0.3) is 0 Å². The predicted octanol–water partition coefficient (Wildman–Crippen LogP) is 0.0636. The van der Waals surface area contributed by atoms with Gasteiger partial charge in [-0.2, -0.15) is 5.10 Å². The second kappa shape index (κ2) is 3.41. The lowest BCUT2D eigenvalue weighted by Crippen LogP contribution is -2.22. The largest absolute Gasteiger partial charge is 0.330 e. The second-order valence-electron chi connectivity index (χ2n) is 3.30. The summed E-state index contributed by atoms with van der Waals surface area (Å²) < 4.78 is 14.6. The van der Waals surface area contributed by atoms with Gasteiger partial charge in [0, 0.05) is 12.8 Å². The highest BCUT2D eigenvalue weighted by Gasteiger charge is 2.20. The summed E-state index contributed by atoms with van der Waals surface area (Å²) in [5.41, 5.74) is 5.38. The van der Waals surface area contributed by atoms with Gasteiger partial charge < -0.3 is 5.73 Å². The van der Waals surface area contributed by atoms with E-state index in [2.05, 4.69) is 10.1 Å². The molecule has 0 spiro atoms. The Morgan fingerprint density at radius 3 is 3.23 bits per heavy atom. The number of rotatable bonds is 2. The van der Waals surface area contributed by atoms with Gasteiger partial charge >= 0.3 is 0 Å². The first-order chi connectivity index (χ1) is 6.29. The van der Waals surface area contributed by atoms with E-state index in [0.29, 0.717) is 32.4 Å². The van der Waals surface area contributed by atoms with Crippen LogP contribution in [0.4, 0.5) is 4.39 Å². The van der Waals surface area contributed by atoms with Crippen LogP contribution >= 0.6 is 0 Å². The fourth-order valence-electron chi connectivity index (χ4n) is 1.56.